The summed E-state index contributed by atoms with van der Waals surface area (Å²) in [6.45, 7) is 10.0. The Morgan fingerprint density at radius 1 is 1.00 bits per heavy atom. The molecule has 2 fully saturated rings. The standard InChI is InChI=1S/C21H35N5O3S.C2HF3O2/c1-19-3-5-20(6-4-19)30(28,29)26(18-17-24-15-13-23(2)14-16-24)10-7-21(27)25-11-8-22-9-12-25;3-2(4,5)1(6)7/h3-6,22H,7-18H2,1-2H3;(H,6,7). The third-order valence-electron chi connectivity index (χ3n) is 6.21. The van der Waals surface area contributed by atoms with Crippen LogP contribution in [0.2, 0.25) is 0 Å². The van der Waals surface area contributed by atoms with Gasteiger partial charge in [0.2, 0.25) is 15.9 Å². The van der Waals surface area contributed by atoms with Crippen molar-refractivity contribution in [2.75, 3.05) is 79.0 Å². The molecular formula is C23H36F3N5O5S. The van der Waals surface area contributed by atoms with E-state index in [0.717, 1.165) is 44.8 Å². The molecule has 1 aromatic carbocycles. The number of halogens is 3. The Bertz CT molecular complexity index is 977. The maximum atomic E-state index is 13.3. The molecule has 14 heteroatoms. The fourth-order valence-corrected chi connectivity index (χ4v) is 5.26. The zero-order chi connectivity index (χ0) is 27.6. The number of aliphatic carboxylic acids is 1. The summed E-state index contributed by atoms with van der Waals surface area (Å²) in [7, 11) is -1.54. The number of likely N-dealkylation sites (N-methyl/N-ethyl adjacent to an activating group) is 1. The summed E-state index contributed by atoms with van der Waals surface area (Å²) in [5.74, 6) is -2.73. The third kappa shape index (κ3) is 10.2. The molecule has 0 aliphatic carbocycles. The highest BCUT2D eigenvalue weighted by atomic mass is 32.2. The van der Waals surface area contributed by atoms with E-state index < -0.39 is 22.2 Å². The van der Waals surface area contributed by atoms with Crippen molar-refractivity contribution in [2.24, 2.45) is 0 Å². The number of alkyl halides is 3. The Morgan fingerprint density at radius 3 is 2.05 bits per heavy atom. The molecule has 3 rings (SSSR count). The molecule has 1 aromatic rings. The number of carboxylic acid groups (broad SMARTS) is 1. The summed E-state index contributed by atoms with van der Waals surface area (Å²) in [6.07, 6.45) is -4.87. The number of carbonyl (C=O) groups excluding carboxylic acids is 1. The molecule has 1 amide bonds. The Kier molecular flexibility index (Phi) is 11.8. The van der Waals surface area contributed by atoms with E-state index in [1.807, 2.05) is 24.0 Å². The molecule has 2 saturated heterocycles. The summed E-state index contributed by atoms with van der Waals surface area (Å²) >= 11 is 0. The van der Waals surface area contributed by atoms with Gasteiger partial charge in [0.25, 0.3) is 0 Å². The summed E-state index contributed by atoms with van der Waals surface area (Å²) in [5.41, 5.74) is 1.02. The molecular weight excluding hydrogens is 515 g/mol. The summed E-state index contributed by atoms with van der Waals surface area (Å²) < 4.78 is 59.9. The first-order valence-electron chi connectivity index (χ1n) is 12.1. The number of amides is 1. The van der Waals surface area contributed by atoms with Crippen molar-refractivity contribution in [2.45, 2.75) is 24.4 Å². The largest absolute Gasteiger partial charge is 0.490 e. The van der Waals surface area contributed by atoms with Crippen LogP contribution in [-0.2, 0) is 19.6 Å². The first-order valence-corrected chi connectivity index (χ1v) is 13.5. The van der Waals surface area contributed by atoms with Crippen molar-refractivity contribution in [3.05, 3.63) is 29.8 Å². The van der Waals surface area contributed by atoms with Gasteiger partial charge in [0.1, 0.15) is 0 Å². The van der Waals surface area contributed by atoms with Gasteiger partial charge in [0.15, 0.2) is 0 Å². The average Bonchev–Trinajstić information content (AvgIpc) is 2.85. The van der Waals surface area contributed by atoms with Crippen LogP contribution in [0.4, 0.5) is 13.2 Å². The van der Waals surface area contributed by atoms with Crippen LogP contribution in [0.25, 0.3) is 0 Å². The topological polar surface area (TPSA) is 113 Å². The molecule has 2 N–H and O–H groups in total. The highest BCUT2D eigenvalue weighted by molar-refractivity contribution is 7.89. The normalized spacial score (nSPS) is 17.8. The van der Waals surface area contributed by atoms with Gasteiger partial charge in [-0.25, -0.2) is 13.2 Å². The van der Waals surface area contributed by atoms with Crippen molar-refractivity contribution < 1.29 is 36.3 Å². The number of sulfonamides is 1. The molecule has 2 aliphatic heterocycles. The van der Waals surface area contributed by atoms with Crippen LogP contribution in [0.3, 0.4) is 0 Å². The first kappa shape index (κ1) is 31.0. The molecule has 0 aromatic heterocycles. The molecule has 0 bridgehead atoms. The van der Waals surface area contributed by atoms with E-state index in [9.17, 15) is 26.4 Å². The Labute approximate surface area is 216 Å². The van der Waals surface area contributed by atoms with Gasteiger partial charge in [0, 0.05) is 78.4 Å². The second-order valence-corrected chi connectivity index (χ2v) is 11.0. The number of nitrogens with zero attached hydrogens (tertiary/aromatic N) is 4. The number of nitrogens with one attached hydrogen (secondary N) is 1. The Morgan fingerprint density at radius 2 is 1.54 bits per heavy atom. The SMILES string of the molecule is Cc1ccc(S(=O)(=O)N(CCC(=O)N2CCNCC2)CCN2CCN(C)CC2)cc1.O=C(O)C(F)(F)F. The van der Waals surface area contributed by atoms with Crippen LogP contribution < -0.4 is 5.32 Å². The minimum Gasteiger partial charge on any atom is -0.475 e. The van der Waals surface area contributed by atoms with Crippen LogP contribution in [0.1, 0.15) is 12.0 Å². The van der Waals surface area contributed by atoms with E-state index in [1.165, 1.54) is 4.31 Å². The highest BCUT2D eigenvalue weighted by Gasteiger charge is 2.38. The van der Waals surface area contributed by atoms with Crippen molar-refractivity contribution in [3.8, 4) is 0 Å². The number of hydrogen-bond donors (Lipinski definition) is 2. The van der Waals surface area contributed by atoms with Gasteiger partial charge in [-0.2, -0.15) is 17.5 Å². The van der Waals surface area contributed by atoms with E-state index in [4.69, 9.17) is 9.90 Å². The van der Waals surface area contributed by atoms with E-state index in [2.05, 4.69) is 22.2 Å². The lowest BCUT2D eigenvalue weighted by molar-refractivity contribution is -0.192. The van der Waals surface area contributed by atoms with Crippen LogP contribution >= 0.6 is 0 Å². The minimum atomic E-state index is -5.08. The van der Waals surface area contributed by atoms with E-state index in [-0.39, 0.29) is 18.9 Å². The number of carboxylic acids is 1. The number of hydrogen-bond acceptors (Lipinski definition) is 7. The van der Waals surface area contributed by atoms with Crippen LogP contribution in [0, 0.1) is 6.92 Å². The fourth-order valence-electron chi connectivity index (χ4n) is 3.83. The molecule has 0 radical (unpaired) electrons. The summed E-state index contributed by atoms with van der Waals surface area (Å²) in [4.78, 5) is 28.2. The van der Waals surface area contributed by atoms with E-state index in [1.54, 1.807) is 12.1 Å². The Hall–Kier alpha value is -2.26. The molecule has 37 heavy (non-hydrogen) atoms. The van der Waals surface area contributed by atoms with Crippen LogP contribution in [0.5, 0.6) is 0 Å². The maximum absolute atomic E-state index is 13.3. The predicted molar refractivity (Wildman–Crippen MR) is 132 cm³/mol. The van der Waals surface area contributed by atoms with Gasteiger partial charge in [-0.15, -0.1) is 0 Å². The number of benzene rings is 1. The molecule has 0 atom stereocenters. The van der Waals surface area contributed by atoms with Gasteiger partial charge in [0.05, 0.1) is 4.90 Å². The molecule has 10 nitrogen and oxygen atoms in total. The third-order valence-corrected chi connectivity index (χ3v) is 8.12. The molecule has 0 spiro atoms. The second-order valence-electron chi connectivity index (χ2n) is 9.05. The van der Waals surface area contributed by atoms with Crippen LogP contribution in [-0.4, -0.2) is 130 Å². The lowest BCUT2D eigenvalue weighted by Crippen LogP contribution is -2.49. The number of piperazine rings is 2. The average molecular weight is 552 g/mol. The lowest BCUT2D eigenvalue weighted by Gasteiger charge is -2.34. The number of aryl methyl sites for hydroxylation is 1. The maximum Gasteiger partial charge on any atom is 0.490 e. The van der Waals surface area contributed by atoms with Crippen molar-refractivity contribution in [1.82, 2.24) is 24.3 Å². The van der Waals surface area contributed by atoms with E-state index in [0.29, 0.717) is 31.1 Å². The number of carbonyl (C=O) groups is 2. The fraction of sp³-hybridized carbons (Fsp3) is 0.652. The van der Waals surface area contributed by atoms with Crippen LogP contribution in [0.15, 0.2) is 29.2 Å². The Balaban J connectivity index is 0.000000604. The van der Waals surface area contributed by atoms with Gasteiger partial charge in [-0.1, -0.05) is 17.7 Å². The van der Waals surface area contributed by atoms with Gasteiger partial charge in [-0.3, -0.25) is 9.69 Å². The van der Waals surface area contributed by atoms with Gasteiger partial charge >= 0.3 is 12.1 Å². The van der Waals surface area contributed by atoms with Gasteiger partial charge in [-0.05, 0) is 26.1 Å². The van der Waals surface area contributed by atoms with Crippen molar-refractivity contribution in [3.63, 3.8) is 0 Å². The second kappa shape index (κ2) is 14.0. The van der Waals surface area contributed by atoms with Crippen molar-refractivity contribution in [1.29, 1.82) is 0 Å². The molecule has 2 aliphatic rings. The molecule has 0 saturated carbocycles. The highest BCUT2D eigenvalue weighted by Crippen LogP contribution is 2.18. The number of rotatable bonds is 8. The zero-order valence-electron chi connectivity index (χ0n) is 21.2. The van der Waals surface area contributed by atoms with Gasteiger partial charge < -0.3 is 20.2 Å². The quantitative estimate of drug-likeness (QED) is 0.485. The first-order chi connectivity index (χ1) is 17.3. The zero-order valence-corrected chi connectivity index (χ0v) is 22.0. The summed E-state index contributed by atoms with van der Waals surface area (Å²) in [6, 6.07) is 6.95. The minimum absolute atomic E-state index is 0.0280. The van der Waals surface area contributed by atoms with Crippen molar-refractivity contribution >= 4 is 21.9 Å². The molecule has 2 heterocycles. The summed E-state index contributed by atoms with van der Waals surface area (Å²) in [5, 5.41) is 10.4. The molecule has 0 unspecified atom stereocenters. The smallest absolute Gasteiger partial charge is 0.475 e. The predicted octanol–water partition coefficient (Wildman–Crippen LogP) is 0.688. The van der Waals surface area contributed by atoms with E-state index >= 15 is 0 Å². The monoisotopic (exact) mass is 551 g/mol. The molecule has 210 valence electrons. The lowest BCUT2D eigenvalue weighted by atomic mass is 10.2.